The Morgan fingerprint density at radius 3 is 2.46 bits per heavy atom. The minimum atomic E-state index is -3.87. The maximum atomic E-state index is 12.5. The van der Waals surface area contributed by atoms with Gasteiger partial charge in [-0.2, -0.15) is 8.42 Å². The fourth-order valence-corrected chi connectivity index (χ4v) is 4.22. The zero-order chi connectivity index (χ0) is 20.1. The molecule has 1 amide bonds. The lowest BCUT2D eigenvalue weighted by Crippen LogP contribution is -2.39. The predicted octanol–water partition coefficient (Wildman–Crippen LogP) is 3.75. The minimum Gasteiger partial charge on any atom is -0.445 e. The quantitative estimate of drug-likeness (QED) is 0.687. The summed E-state index contributed by atoms with van der Waals surface area (Å²) >= 11 is 0. The fourth-order valence-electron chi connectivity index (χ4n) is 3.28. The Morgan fingerprint density at radius 1 is 1.11 bits per heavy atom. The molecule has 3 rings (SSSR count). The summed E-state index contributed by atoms with van der Waals surface area (Å²) in [7, 11) is -3.87. The average molecular weight is 404 g/mol. The van der Waals surface area contributed by atoms with Crippen molar-refractivity contribution in [2.45, 2.75) is 37.8 Å². The van der Waals surface area contributed by atoms with Gasteiger partial charge in [0.1, 0.15) is 6.61 Å². The number of rotatable bonds is 6. The summed E-state index contributed by atoms with van der Waals surface area (Å²) in [6, 6.07) is 15.6. The van der Waals surface area contributed by atoms with Crippen LogP contribution in [0.25, 0.3) is 0 Å². The highest BCUT2D eigenvalue weighted by Crippen LogP contribution is 2.25. The second-order valence-corrected chi connectivity index (χ2v) is 8.85. The van der Waals surface area contributed by atoms with E-state index in [2.05, 4.69) is 0 Å². The first-order valence-electron chi connectivity index (χ1n) is 9.28. The molecule has 0 saturated carbocycles. The van der Waals surface area contributed by atoms with E-state index in [1.165, 1.54) is 12.1 Å². The molecule has 1 fully saturated rings. The van der Waals surface area contributed by atoms with Crippen LogP contribution in [0.2, 0.25) is 0 Å². The molecule has 6 nitrogen and oxygen atoms in total. The van der Waals surface area contributed by atoms with Crippen LogP contribution in [0.1, 0.15) is 24.5 Å². The number of nitrogens with zero attached hydrogens (tertiary/aromatic N) is 1. The van der Waals surface area contributed by atoms with Gasteiger partial charge in [-0.25, -0.2) is 4.79 Å². The van der Waals surface area contributed by atoms with Gasteiger partial charge in [-0.15, -0.1) is 0 Å². The Morgan fingerprint density at radius 2 is 1.79 bits per heavy atom. The van der Waals surface area contributed by atoms with E-state index in [0.717, 1.165) is 11.1 Å². The average Bonchev–Trinajstić information content (AvgIpc) is 3.06. The second kappa shape index (κ2) is 8.75. The maximum Gasteiger partial charge on any atom is 0.410 e. The van der Waals surface area contributed by atoms with Crippen molar-refractivity contribution in [1.29, 1.82) is 0 Å². The van der Waals surface area contributed by atoms with Gasteiger partial charge in [0.15, 0.2) is 0 Å². The molecule has 28 heavy (non-hydrogen) atoms. The van der Waals surface area contributed by atoms with Gasteiger partial charge in [0.05, 0.1) is 17.5 Å². The van der Waals surface area contributed by atoms with Crippen LogP contribution in [-0.4, -0.2) is 38.6 Å². The third-order valence-corrected chi connectivity index (χ3v) is 6.08. The normalized spacial score (nSPS) is 19.6. The molecular formula is C21H25NO5S. The minimum absolute atomic E-state index is 0.0824. The van der Waals surface area contributed by atoms with E-state index in [1.807, 2.05) is 44.2 Å². The molecule has 2 aromatic rings. The van der Waals surface area contributed by atoms with Crippen LogP contribution in [0, 0.1) is 12.8 Å². The summed E-state index contributed by atoms with van der Waals surface area (Å²) in [5.74, 6) is 0.250. The van der Waals surface area contributed by atoms with E-state index in [1.54, 1.807) is 17.0 Å². The van der Waals surface area contributed by atoms with Crippen molar-refractivity contribution in [3.63, 3.8) is 0 Å². The van der Waals surface area contributed by atoms with Crippen molar-refractivity contribution in [3.05, 3.63) is 65.7 Å². The Labute approximate surface area is 166 Å². The van der Waals surface area contributed by atoms with Gasteiger partial charge in [0.2, 0.25) is 0 Å². The number of hydrogen-bond acceptors (Lipinski definition) is 5. The number of aryl methyl sites for hydroxylation is 1. The smallest absolute Gasteiger partial charge is 0.410 e. The van der Waals surface area contributed by atoms with Crippen molar-refractivity contribution in [1.82, 2.24) is 4.90 Å². The summed E-state index contributed by atoms with van der Waals surface area (Å²) in [6.45, 7) is 4.52. The lowest BCUT2D eigenvalue weighted by Gasteiger charge is -2.23. The first-order valence-corrected chi connectivity index (χ1v) is 10.7. The highest BCUT2D eigenvalue weighted by atomic mass is 32.2. The van der Waals surface area contributed by atoms with E-state index < -0.39 is 16.2 Å². The number of carbonyl (C=O) groups excluding carboxylic acids is 1. The lowest BCUT2D eigenvalue weighted by molar-refractivity contribution is 0.0825. The molecule has 1 aliphatic heterocycles. The van der Waals surface area contributed by atoms with Crippen molar-refractivity contribution >= 4 is 16.2 Å². The second-order valence-electron chi connectivity index (χ2n) is 7.24. The SMILES string of the molecule is Cc1ccc(S(=O)(=O)OC[C@@H]2C[C@H](C)CN2C(=O)OCc2ccccc2)cc1. The third kappa shape index (κ3) is 5.11. The van der Waals surface area contributed by atoms with E-state index in [4.69, 9.17) is 8.92 Å². The summed E-state index contributed by atoms with van der Waals surface area (Å²) in [5.41, 5.74) is 1.87. The van der Waals surface area contributed by atoms with Gasteiger partial charge in [-0.3, -0.25) is 4.18 Å². The Hall–Kier alpha value is -2.38. The van der Waals surface area contributed by atoms with Gasteiger partial charge >= 0.3 is 6.09 Å². The maximum absolute atomic E-state index is 12.5. The van der Waals surface area contributed by atoms with Crippen LogP contribution in [0.3, 0.4) is 0 Å². The monoisotopic (exact) mass is 403 g/mol. The van der Waals surface area contributed by atoms with Crippen LogP contribution in [-0.2, 0) is 25.6 Å². The molecule has 7 heteroatoms. The number of ether oxygens (including phenoxy) is 1. The highest BCUT2D eigenvalue weighted by Gasteiger charge is 2.35. The summed E-state index contributed by atoms with van der Waals surface area (Å²) in [4.78, 5) is 14.2. The molecular weight excluding hydrogens is 378 g/mol. The van der Waals surface area contributed by atoms with Crippen LogP contribution in [0.5, 0.6) is 0 Å². The molecule has 0 aromatic heterocycles. The molecule has 2 atom stereocenters. The van der Waals surface area contributed by atoms with Crippen molar-refractivity contribution in [3.8, 4) is 0 Å². The number of benzene rings is 2. The first kappa shape index (κ1) is 20.4. The van der Waals surface area contributed by atoms with Gasteiger partial charge in [0.25, 0.3) is 10.1 Å². The van der Waals surface area contributed by atoms with E-state index >= 15 is 0 Å². The Bertz CT molecular complexity index is 896. The van der Waals surface area contributed by atoms with Crippen LogP contribution in [0.15, 0.2) is 59.5 Å². The predicted molar refractivity (Wildman–Crippen MR) is 105 cm³/mol. The molecule has 0 aliphatic carbocycles. The highest BCUT2D eigenvalue weighted by molar-refractivity contribution is 7.86. The number of hydrogen-bond donors (Lipinski definition) is 0. The summed E-state index contributed by atoms with van der Waals surface area (Å²) in [5, 5.41) is 0. The number of amides is 1. The van der Waals surface area contributed by atoms with Crippen LogP contribution in [0.4, 0.5) is 4.79 Å². The Balaban J connectivity index is 1.60. The molecule has 0 unspecified atom stereocenters. The Kier molecular flexibility index (Phi) is 6.36. The van der Waals surface area contributed by atoms with Crippen LogP contribution < -0.4 is 0 Å². The summed E-state index contributed by atoms with van der Waals surface area (Å²) in [6.07, 6.45) is 0.221. The van der Waals surface area contributed by atoms with Gasteiger partial charge in [0, 0.05) is 6.54 Å². The van der Waals surface area contributed by atoms with Crippen molar-refractivity contribution in [2.75, 3.05) is 13.2 Å². The van der Waals surface area contributed by atoms with Crippen molar-refractivity contribution in [2.24, 2.45) is 5.92 Å². The van der Waals surface area contributed by atoms with Gasteiger partial charge in [-0.05, 0) is 37.0 Å². The molecule has 0 bridgehead atoms. The largest absolute Gasteiger partial charge is 0.445 e. The standard InChI is InChI=1S/C21H25NO5S/c1-16-8-10-20(11-9-16)28(24,25)27-15-19-12-17(2)13-22(19)21(23)26-14-18-6-4-3-5-7-18/h3-11,17,19H,12-15H2,1-2H3/t17-,19-/m0/s1. The molecule has 0 spiro atoms. The van der Waals surface area contributed by atoms with Crippen molar-refractivity contribution < 1.29 is 22.1 Å². The fraction of sp³-hybridized carbons (Fsp3) is 0.381. The molecule has 2 aromatic carbocycles. The zero-order valence-corrected chi connectivity index (χ0v) is 16.9. The first-order chi connectivity index (χ1) is 13.3. The number of likely N-dealkylation sites (tertiary alicyclic amines) is 1. The van der Waals surface area contributed by atoms with Crippen LogP contribution >= 0.6 is 0 Å². The summed E-state index contributed by atoms with van der Waals surface area (Å²) < 4.78 is 35.5. The molecule has 1 aliphatic rings. The molecule has 0 N–H and O–H groups in total. The zero-order valence-electron chi connectivity index (χ0n) is 16.1. The molecule has 150 valence electrons. The lowest BCUT2D eigenvalue weighted by atomic mass is 10.1. The molecule has 1 saturated heterocycles. The van der Waals surface area contributed by atoms with Gasteiger partial charge in [-0.1, -0.05) is 55.0 Å². The van der Waals surface area contributed by atoms with E-state index in [0.29, 0.717) is 13.0 Å². The van der Waals surface area contributed by atoms with E-state index in [9.17, 15) is 13.2 Å². The third-order valence-electron chi connectivity index (χ3n) is 4.79. The topological polar surface area (TPSA) is 72.9 Å². The molecule has 1 heterocycles. The number of carbonyl (C=O) groups is 1. The van der Waals surface area contributed by atoms with E-state index in [-0.39, 0.29) is 30.1 Å². The molecule has 0 radical (unpaired) electrons. The van der Waals surface area contributed by atoms with Gasteiger partial charge < -0.3 is 9.64 Å².